The van der Waals surface area contributed by atoms with Crippen LogP contribution < -0.4 is 18.7 Å². The van der Waals surface area contributed by atoms with Crippen LogP contribution in [-0.2, 0) is 37.5 Å². The van der Waals surface area contributed by atoms with Crippen molar-refractivity contribution in [3.63, 3.8) is 0 Å². The van der Waals surface area contributed by atoms with Gasteiger partial charge in [-0.15, -0.1) is 0 Å². The zero-order valence-corrected chi connectivity index (χ0v) is 27.5. The highest BCUT2D eigenvalue weighted by Crippen LogP contribution is 2.46. The number of amides is 3. The lowest BCUT2D eigenvalue weighted by molar-refractivity contribution is -0.117. The van der Waals surface area contributed by atoms with Crippen molar-refractivity contribution in [1.82, 2.24) is 9.62 Å². The van der Waals surface area contributed by atoms with Crippen molar-refractivity contribution in [1.29, 1.82) is 0 Å². The molecule has 0 aliphatic carbocycles. The Morgan fingerprint density at radius 2 is 1.71 bits per heavy atom. The number of carbonyl (C=O) groups is 3. The smallest absolute Gasteiger partial charge is 0.415 e. The molecule has 0 radical (unpaired) electrons. The molecular weight excluding hydrogens is 607 g/mol. The Hall–Kier alpha value is -4.07. The molecule has 12 nitrogen and oxygen atoms in total. The number of anilines is 2. The van der Waals surface area contributed by atoms with Gasteiger partial charge in [0.15, 0.2) is 5.82 Å². The van der Waals surface area contributed by atoms with E-state index in [4.69, 9.17) is 14.2 Å². The van der Waals surface area contributed by atoms with E-state index in [0.29, 0.717) is 17.3 Å². The van der Waals surface area contributed by atoms with Crippen molar-refractivity contribution in [2.75, 3.05) is 28.8 Å². The van der Waals surface area contributed by atoms with Gasteiger partial charge in [-0.3, -0.25) is 9.69 Å². The molecular formula is C31H41FN4O8S. The molecule has 246 valence electrons. The van der Waals surface area contributed by atoms with Crippen LogP contribution in [-0.4, -0.2) is 68.3 Å². The third-order valence-corrected chi connectivity index (χ3v) is 8.20. The lowest BCUT2D eigenvalue weighted by Crippen LogP contribution is -2.49. The first kappa shape index (κ1) is 33.8. The van der Waals surface area contributed by atoms with Crippen LogP contribution in [0.25, 0.3) is 0 Å². The van der Waals surface area contributed by atoms with Gasteiger partial charge in [-0.25, -0.2) is 23.0 Å². The van der Waals surface area contributed by atoms with E-state index in [9.17, 15) is 22.8 Å². The second-order valence-electron chi connectivity index (χ2n) is 13.0. The van der Waals surface area contributed by atoms with Crippen LogP contribution >= 0.6 is 0 Å². The number of ether oxygens (including phenoxy) is 3. The summed E-state index contributed by atoms with van der Waals surface area (Å²) < 4.78 is 62.2. The van der Waals surface area contributed by atoms with Gasteiger partial charge in [-0.05, 0) is 53.5 Å². The number of hydrogen-bond acceptors (Lipinski definition) is 8. The van der Waals surface area contributed by atoms with Crippen LogP contribution in [0.4, 0.5) is 25.4 Å². The minimum atomic E-state index is -4.42. The van der Waals surface area contributed by atoms with Crippen molar-refractivity contribution in [3.8, 4) is 5.75 Å². The molecule has 2 heterocycles. The Labute approximate surface area is 263 Å². The molecule has 0 aromatic heterocycles. The van der Waals surface area contributed by atoms with Crippen molar-refractivity contribution in [2.24, 2.45) is 0 Å². The maximum Gasteiger partial charge on any atom is 0.415 e. The van der Waals surface area contributed by atoms with E-state index in [1.807, 2.05) is 17.7 Å². The zero-order valence-electron chi connectivity index (χ0n) is 26.7. The van der Waals surface area contributed by atoms with Crippen LogP contribution in [0.2, 0.25) is 0 Å². The molecule has 1 saturated heterocycles. The Balaban J connectivity index is 1.83. The van der Waals surface area contributed by atoms with Crippen molar-refractivity contribution in [3.05, 3.63) is 53.3 Å². The maximum atomic E-state index is 16.7. The monoisotopic (exact) mass is 648 g/mol. The van der Waals surface area contributed by atoms with Crippen molar-refractivity contribution >= 4 is 39.7 Å². The van der Waals surface area contributed by atoms with Gasteiger partial charge < -0.3 is 19.1 Å². The molecule has 2 aromatic carbocycles. The Morgan fingerprint density at radius 3 is 2.27 bits per heavy atom. The maximum absolute atomic E-state index is 16.7. The highest BCUT2D eigenvalue weighted by atomic mass is 32.2. The first-order valence-electron chi connectivity index (χ1n) is 14.8. The minimum absolute atomic E-state index is 0.0168. The summed E-state index contributed by atoms with van der Waals surface area (Å²) >= 11 is 0. The fourth-order valence-electron chi connectivity index (χ4n) is 5.11. The normalized spacial score (nSPS) is 17.5. The molecule has 4 rings (SSSR count). The fourth-order valence-corrected chi connectivity index (χ4v) is 6.27. The molecule has 14 heteroatoms. The predicted octanol–water partition coefficient (Wildman–Crippen LogP) is 4.90. The number of hydrogen-bond donors (Lipinski definition) is 1. The first-order valence-corrected chi connectivity index (χ1v) is 16.2. The number of rotatable bonds is 8. The summed E-state index contributed by atoms with van der Waals surface area (Å²) in [5.74, 6) is -1.99. The molecule has 1 fully saturated rings. The molecule has 1 atom stereocenters. The SMILES string of the molecule is CCCN(C[C@H]1Cc2c(cc(OCc3ccccc3)c(N3CC(=O)NS3(=O)=O)c2F)N1C(=O)OC(C)(C)C)C(=O)OC(C)(C)C. The number of fused-ring (bicyclic) bond motifs is 1. The third kappa shape index (κ3) is 7.96. The Kier molecular flexibility index (Phi) is 9.57. The summed E-state index contributed by atoms with van der Waals surface area (Å²) in [6.45, 7) is 11.8. The lowest BCUT2D eigenvalue weighted by Gasteiger charge is -2.33. The first-order chi connectivity index (χ1) is 20.9. The summed E-state index contributed by atoms with van der Waals surface area (Å²) in [6.07, 6.45) is -0.858. The second-order valence-corrected chi connectivity index (χ2v) is 14.6. The number of nitrogens with one attached hydrogen (secondary N) is 1. The molecule has 1 N–H and O–H groups in total. The Bertz CT molecular complexity index is 1550. The summed E-state index contributed by atoms with van der Waals surface area (Å²) in [4.78, 5) is 41.7. The van der Waals surface area contributed by atoms with Gasteiger partial charge in [-0.1, -0.05) is 37.3 Å². The van der Waals surface area contributed by atoms with Gasteiger partial charge in [0.25, 0.3) is 5.91 Å². The van der Waals surface area contributed by atoms with Gasteiger partial charge in [0.1, 0.15) is 35.8 Å². The van der Waals surface area contributed by atoms with E-state index >= 15 is 4.39 Å². The standard InChI is InChI=1S/C31H41FN4O8S/c1-8-14-34(28(38)43-30(2,3)4)17-21-15-22-23(36(21)29(39)44-31(5,6)7)16-24(42-19-20-12-10-9-11-13-20)27(26(22)32)35-18-25(37)33-45(35,40)41/h9-13,16,21H,8,14-15,17-19H2,1-7H3,(H,33,37)/t21-/m1/s1. The quantitative estimate of drug-likeness (QED) is 0.427. The lowest BCUT2D eigenvalue weighted by atomic mass is 10.1. The highest BCUT2D eigenvalue weighted by molar-refractivity contribution is 7.92. The third-order valence-electron chi connectivity index (χ3n) is 6.82. The van der Waals surface area contributed by atoms with E-state index < -0.39 is 63.6 Å². The zero-order chi connectivity index (χ0) is 33.3. The van der Waals surface area contributed by atoms with Gasteiger partial charge in [0, 0.05) is 31.1 Å². The van der Waals surface area contributed by atoms with Crippen molar-refractivity contribution < 1.29 is 41.4 Å². The molecule has 0 bridgehead atoms. The molecule has 0 spiro atoms. The molecule has 2 aromatic rings. The molecule has 0 unspecified atom stereocenters. The van der Waals surface area contributed by atoms with E-state index in [-0.39, 0.29) is 36.6 Å². The average Bonchev–Trinajstić information content (AvgIpc) is 3.40. The predicted molar refractivity (Wildman–Crippen MR) is 166 cm³/mol. The van der Waals surface area contributed by atoms with Crippen LogP contribution in [0.3, 0.4) is 0 Å². The van der Waals surface area contributed by atoms with E-state index in [1.165, 1.54) is 15.9 Å². The topological polar surface area (TPSA) is 135 Å². The summed E-state index contributed by atoms with van der Waals surface area (Å²) in [6, 6.07) is 9.55. The van der Waals surface area contributed by atoms with Crippen molar-refractivity contribution in [2.45, 2.75) is 85.2 Å². The molecule has 45 heavy (non-hydrogen) atoms. The van der Waals surface area contributed by atoms with E-state index in [1.54, 1.807) is 65.8 Å². The van der Waals surface area contributed by atoms with Gasteiger partial charge in [-0.2, -0.15) is 8.42 Å². The summed E-state index contributed by atoms with van der Waals surface area (Å²) in [5.41, 5.74) is -1.29. The largest absolute Gasteiger partial charge is 0.487 e. The van der Waals surface area contributed by atoms with Gasteiger partial charge in [0.2, 0.25) is 0 Å². The van der Waals surface area contributed by atoms with Crippen LogP contribution in [0.1, 0.15) is 66.0 Å². The van der Waals surface area contributed by atoms with Crippen LogP contribution in [0.15, 0.2) is 36.4 Å². The molecule has 2 aliphatic heterocycles. The number of nitrogens with zero attached hydrogens (tertiary/aromatic N) is 3. The highest BCUT2D eigenvalue weighted by Gasteiger charge is 2.45. The fraction of sp³-hybridized carbons (Fsp3) is 0.516. The van der Waals surface area contributed by atoms with Crippen LogP contribution in [0.5, 0.6) is 5.75 Å². The van der Waals surface area contributed by atoms with Crippen LogP contribution in [0, 0.1) is 5.82 Å². The summed E-state index contributed by atoms with van der Waals surface area (Å²) in [7, 11) is -4.42. The average molecular weight is 649 g/mol. The minimum Gasteiger partial charge on any atom is -0.487 e. The van der Waals surface area contributed by atoms with E-state index in [2.05, 4.69) is 0 Å². The number of benzene rings is 2. The van der Waals surface area contributed by atoms with Gasteiger partial charge >= 0.3 is 22.4 Å². The molecule has 2 aliphatic rings. The molecule has 0 saturated carbocycles. The second kappa shape index (κ2) is 12.7. The summed E-state index contributed by atoms with van der Waals surface area (Å²) in [5, 5.41) is 0. The molecule has 3 amide bonds. The number of halogens is 1. The van der Waals surface area contributed by atoms with Gasteiger partial charge in [0.05, 0.1) is 11.7 Å². The van der Waals surface area contributed by atoms with E-state index in [0.717, 1.165) is 5.56 Å². The number of carbonyl (C=O) groups excluding carboxylic acids is 3. The Morgan fingerprint density at radius 1 is 1.07 bits per heavy atom.